The van der Waals surface area contributed by atoms with E-state index in [1.807, 2.05) is 0 Å². The summed E-state index contributed by atoms with van der Waals surface area (Å²) in [4.78, 5) is 29.9. The minimum absolute atomic E-state index is 0.137. The molecule has 1 aromatic heterocycles. The Morgan fingerprint density at radius 3 is 2.38 bits per heavy atom. The molecule has 2 aromatic rings. The van der Waals surface area contributed by atoms with E-state index in [0.29, 0.717) is 13.0 Å². The smallest absolute Gasteiger partial charge is 0.354 e. The Bertz CT molecular complexity index is 786. The number of carboxylic acids is 1. The number of hydrogen-bond acceptors (Lipinski definition) is 3. The summed E-state index contributed by atoms with van der Waals surface area (Å²) in [5.41, 5.74) is 0.964. The summed E-state index contributed by atoms with van der Waals surface area (Å²) in [6.07, 6.45) is 4.64. The van der Waals surface area contributed by atoms with Crippen molar-refractivity contribution < 1.29 is 19.1 Å². The average Bonchev–Trinajstić information content (AvgIpc) is 3.18. The second kappa shape index (κ2) is 8.08. The molecule has 0 unspecified atom stereocenters. The van der Waals surface area contributed by atoms with Crippen LogP contribution in [0.1, 0.15) is 52.2 Å². The quantitative estimate of drug-likeness (QED) is 0.859. The molecule has 1 amide bonds. The molecule has 1 N–H and O–H groups in total. The van der Waals surface area contributed by atoms with E-state index < -0.39 is 5.97 Å². The summed E-state index contributed by atoms with van der Waals surface area (Å²) in [7, 11) is 0. The van der Waals surface area contributed by atoms with Gasteiger partial charge < -0.3 is 10.0 Å². The Morgan fingerprint density at radius 1 is 1.08 bits per heavy atom. The van der Waals surface area contributed by atoms with Gasteiger partial charge in [-0.2, -0.15) is 0 Å². The number of carbonyl (C=O) groups excluding carboxylic acids is 1. The first-order valence-corrected chi connectivity index (χ1v) is 8.80. The van der Waals surface area contributed by atoms with Gasteiger partial charge in [0.05, 0.1) is 0 Å². The normalized spacial score (nSPS) is 14.3. The van der Waals surface area contributed by atoms with Gasteiger partial charge in [-0.25, -0.2) is 14.2 Å². The van der Waals surface area contributed by atoms with E-state index in [0.717, 1.165) is 31.2 Å². The molecule has 1 fully saturated rings. The van der Waals surface area contributed by atoms with Crippen LogP contribution < -0.4 is 0 Å². The molecule has 0 spiro atoms. The molecule has 3 rings (SSSR count). The van der Waals surface area contributed by atoms with Gasteiger partial charge in [0.2, 0.25) is 0 Å². The highest BCUT2D eigenvalue weighted by Gasteiger charge is 2.28. The molecule has 1 aliphatic carbocycles. The lowest BCUT2D eigenvalue weighted by Gasteiger charge is -2.29. The minimum atomic E-state index is -1.15. The van der Waals surface area contributed by atoms with Crippen LogP contribution in [0.3, 0.4) is 0 Å². The second-order valence-corrected chi connectivity index (χ2v) is 6.53. The minimum Gasteiger partial charge on any atom is -0.477 e. The van der Waals surface area contributed by atoms with Crippen molar-refractivity contribution >= 4 is 11.9 Å². The fourth-order valence-corrected chi connectivity index (χ4v) is 3.39. The van der Waals surface area contributed by atoms with E-state index in [2.05, 4.69) is 4.98 Å². The van der Waals surface area contributed by atoms with Crippen LogP contribution in [0, 0.1) is 5.82 Å². The van der Waals surface area contributed by atoms with Crippen molar-refractivity contribution in [3.63, 3.8) is 0 Å². The zero-order valence-corrected chi connectivity index (χ0v) is 14.4. The van der Waals surface area contributed by atoms with Crippen molar-refractivity contribution in [1.82, 2.24) is 9.88 Å². The third-order valence-corrected chi connectivity index (χ3v) is 4.77. The van der Waals surface area contributed by atoms with Crippen molar-refractivity contribution in [2.24, 2.45) is 0 Å². The lowest BCUT2D eigenvalue weighted by Crippen LogP contribution is -2.40. The number of amides is 1. The van der Waals surface area contributed by atoms with Crippen molar-refractivity contribution in [2.45, 2.75) is 38.1 Å². The Kier molecular flexibility index (Phi) is 5.61. The molecule has 0 radical (unpaired) electrons. The number of benzene rings is 1. The molecule has 5 nitrogen and oxygen atoms in total. The van der Waals surface area contributed by atoms with Crippen LogP contribution in [0.25, 0.3) is 0 Å². The van der Waals surface area contributed by atoms with Crippen molar-refractivity contribution in [3.8, 4) is 0 Å². The summed E-state index contributed by atoms with van der Waals surface area (Å²) in [5, 5.41) is 9.10. The number of halogens is 1. The zero-order valence-electron chi connectivity index (χ0n) is 14.4. The zero-order chi connectivity index (χ0) is 18.5. The monoisotopic (exact) mass is 356 g/mol. The molecule has 1 aliphatic rings. The van der Waals surface area contributed by atoms with Crippen molar-refractivity contribution in [3.05, 3.63) is 65.2 Å². The first-order chi connectivity index (χ1) is 12.5. The summed E-state index contributed by atoms with van der Waals surface area (Å²) >= 11 is 0. The van der Waals surface area contributed by atoms with Crippen LogP contribution in [-0.4, -0.2) is 39.5 Å². The average molecular weight is 356 g/mol. The predicted molar refractivity (Wildman–Crippen MR) is 94.6 cm³/mol. The van der Waals surface area contributed by atoms with E-state index in [1.165, 1.54) is 24.3 Å². The van der Waals surface area contributed by atoms with Crippen molar-refractivity contribution in [2.75, 3.05) is 6.54 Å². The number of aromatic carboxylic acids is 1. The first kappa shape index (κ1) is 18.0. The molecule has 26 heavy (non-hydrogen) atoms. The Balaban J connectivity index is 1.78. The standard InChI is InChI=1S/C20H21FN2O3/c21-15-10-8-14(9-11-15)12-13-23(16-4-1-2-5-16)19(24)17-6-3-7-18(22-17)20(25)26/h3,6-11,16H,1-2,4-5,12-13H2,(H,25,26). The largest absolute Gasteiger partial charge is 0.477 e. The fourth-order valence-electron chi connectivity index (χ4n) is 3.39. The molecule has 0 bridgehead atoms. The summed E-state index contributed by atoms with van der Waals surface area (Å²) < 4.78 is 13.1. The van der Waals surface area contributed by atoms with Crippen molar-refractivity contribution in [1.29, 1.82) is 0 Å². The predicted octanol–water partition coefficient (Wildman–Crippen LogP) is 3.55. The molecule has 0 aliphatic heterocycles. The maximum atomic E-state index is 13.1. The number of aromatic nitrogens is 1. The molecule has 1 saturated carbocycles. The number of hydrogen-bond donors (Lipinski definition) is 1. The number of nitrogens with zero attached hydrogens (tertiary/aromatic N) is 2. The maximum Gasteiger partial charge on any atom is 0.354 e. The molecular formula is C20H21FN2O3. The molecule has 0 saturated heterocycles. The van der Waals surface area contributed by atoms with Gasteiger partial charge in [-0.05, 0) is 49.1 Å². The number of rotatable bonds is 6. The highest BCUT2D eigenvalue weighted by Crippen LogP contribution is 2.25. The lowest BCUT2D eigenvalue weighted by atomic mass is 10.1. The Hall–Kier alpha value is -2.76. The van der Waals surface area contributed by atoms with Gasteiger partial charge in [0.1, 0.15) is 17.2 Å². The van der Waals surface area contributed by atoms with E-state index >= 15 is 0 Å². The van der Waals surface area contributed by atoms with Crippen LogP contribution in [0.5, 0.6) is 0 Å². The Morgan fingerprint density at radius 2 is 1.73 bits per heavy atom. The third kappa shape index (κ3) is 4.25. The summed E-state index contributed by atoms with van der Waals surface area (Å²) in [6, 6.07) is 10.9. The van der Waals surface area contributed by atoms with Gasteiger partial charge in [-0.1, -0.05) is 31.0 Å². The Labute approximate surface area is 151 Å². The molecule has 0 atom stereocenters. The molecule has 1 aromatic carbocycles. The number of carboxylic acid groups (broad SMARTS) is 1. The van der Waals surface area contributed by atoms with E-state index in [-0.39, 0.29) is 29.2 Å². The van der Waals surface area contributed by atoms with Gasteiger partial charge in [-0.3, -0.25) is 4.79 Å². The van der Waals surface area contributed by atoms with Crippen LogP contribution in [0.4, 0.5) is 4.39 Å². The first-order valence-electron chi connectivity index (χ1n) is 8.80. The van der Waals surface area contributed by atoms with Gasteiger partial charge in [0, 0.05) is 12.6 Å². The highest BCUT2D eigenvalue weighted by molar-refractivity contribution is 5.94. The molecule has 136 valence electrons. The van der Waals surface area contributed by atoms with Crippen LogP contribution in [-0.2, 0) is 6.42 Å². The van der Waals surface area contributed by atoms with Crippen LogP contribution >= 0.6 is 0 Å². The number of carbonyl (C=O) groups is 2. The third-order valence-electron chi connectivity index (χ3n) is 4.77. The second-order valence-electron chi connectivity index (χ2n) is 6.53. The summed E-state index contributed by atoms with van der Waals surface area (Å²) in [5.74, 6) is -1.69. The number of pyridine rings is 1. The van der Waals surface area contributed by atoms with E-state index in [9.17, 15) is 14.0 Å². The highest BCUT2D eigenvalue weighted by atomic mass is 19.1. The van der Waals surface area contributed by atoms with Gasteiger partial charge in [0.15, 0.2) is 0 Å². The van der Waals surface area contributed by atoms with Gasteiger partial charge in [0.25, 0.3) is 5.91 Å². The lowest BCUT2D eigenvalue weighted by molar-refractivity contribution is 0.0675. The fraction of sp³-hybridized carbons (Fsp3) is 0.350. The van der Waals surface area contributed by atoms with E-state index in [1.54, 1.807) is 23.1 Å². The van der Waals surface area contributed by atoms with Crippen LogP contribution in [0.2, 0.25) is 0 Å². The molecule has 1 heterocycles. The molecule has 6 heteroatoms. The van der Waals surface area contributed by atoms with Gasteiger partial charge >= 0.3 is 5.97 Å². The van der Waals surface area contributed by atoms with Crippen LogP contribution in [0.15, 0.2) is 42.5 Å². The van der Waals surface area contributed by atoms with Gasteiger partial charge in [-0.15, -0.1) is 0 Å². The topological polar surface area (TPSA) is 70.5 Å². The molecular weight excluding hydrogens is 335 g/mol. The summed E-state index contributed by atoms with van der Waals surface area (Å²) in [6.45, 7) is 0.494. The van der Waals surface area contributed by atoms with E-state index in [4.69, 9.17) is 5.11 Å². The maximum absolute atomic E-state index is 13.1. The SMILES string of the molecule is O=C(O)c1cccc(C(=O)N(CCc2ccc(F)cc2)C2CCCC2)n1.